The highest BCUT2D eigenvalue weighted by Gasteiger charge is 2.14. The van der Waals surface area contributed by atoms with E-state index in [1.54, 1.807) is 37.4 Å². The maximum Gasteiger partial charge on any atom is 0.255 e. The predicted octanol–water partition coefficient (Wildman–Crippen LogP) is 3.86. The molecule has 0 saturated heterocycles. The van der Waals surface area contributed by atoms with Crippen LogP contribution in [-0.2, 0) is 13.5 Å². The van der Waals surface area contributed by atoms with Crippen LogP contribution in [0.3, 0.4) is 0 Å². The lowest BCUT2D eigenvalue weighted by Gasteiger charge is -2.10. The zero-order valence-corrected chi connectivity index (χ0v) is 20.2. The van der Waals surface area contributed by atoms with Crippen molar-refractivity contribution in [2.45, 2.75) is 6.42 Å². The molecule has 0 spiro atoms. The number of carbonyl (C=O) groups is 2. The van der Waals surface area contributed by atoms with E-state index in [4.69, 9.17) is 21.1 Å². The Hall–Kier alpha value is -4.11. The monoisotopic (exact) mass is 493 g/mol. The number of aryl methyl sites for hydroxylation is 1. The first kappa shape index (κ1) is 24.0. The number of anilines is 1. The summed E-state index contributed by atoms with van der Waals surface area (Å²) >= 11 is 5.76. The van der Waals surface area contributed by atoms with Crippen molar-refractivity contribution in [2.75, 3.05) is 26.1 Å². The molecule has 35 heavy (non-hydrogen) atoms. The third kappa shape index (κ3) is 5.36. The van der Waals surface area contributed by atoms with Crippen LogP contribution in [0.2, 0.25) is 5.15 Å². The standard InChI is InChI=1S/C25H24ClN5O4/c1-31-19-7-6-17(29-25(33)15-4-8-20(34-2)21(12-15)35-3)13-18(19)30-23(31)10-11-27-24(32)16-5-9-22(26)28-14-16/h4-9,12-14H,10-11H2,1-3H3,(H,27,32)(H,29,33). The minimum absolute atomic E-state index is 0.229. The fourth-order valence-electron chi connectivity index (χ4n) is 3.63. The van der Waals surface area contributed by atoms with Crippen LogP contribution in [0, 0.1) is 0 Å². The number of hydrogen-bond acceptors (Lipinski definition) is 6. The second-order valence-corrected chi connectivity index (χ2v) is 8.08. The number of ether oxygens (including phenoxy) is 2. The van der Waals surface area contributed by atoms with Gasteiger partial charge in [-0.15, -0.1) is 0 Å². The Morgan fingerprint density at radius 3 is 2.46 bits per heavy atom. The van der Waals surface area contributed by atoms with E-state index in [1.165, 1.54) is 13.3 Å². The van der Waals surface area contributed by atoms with Gasteiger partial charge in [0.2, 0.25) is 0 Å². The Morgan fingerprint density at radius 2 is 1.74 bits per heavy atom. The van der Waals surface area contributed by atoms with Crippen molar-refractivity contribution >= 4 is 40.1 Å². The molecule has 0 fully saturated rings. The summed E-state index contributed by atoms with van der Waals surface area (Å²) in [4.78, 5) is 33.6. The van der Waals surface area contributed by atoms with Gasteiger partial charge in [0.25, 0.3) is 11.8 Å². The molecular formula is C25H24ClN5O4. The molecule has 0 atom stereocenters. The number of carbonyl (C=O) groups excluding carboxylic acids is 2. The Bertz CT molecular complexity index is 1380. The summed E-state index contributed by atoms with van der Waals surface area (Å²) < 4.78 is 12.5. The predicted molar refractivity (Wildman–Crippen MR) is 133 cm³/mol. The van der Waals surface area contributed by atoms with Crippen LogP contribution in [0.5, 0.6) is 11.5 Å². The maximum absolute atomic E-state index is 12.7. The van der Waals surface area contributed by atoms with E-state index in [9.17, 15) is 9.59 Å². The molecule has 4 rings (SSSR count). The fourth-order valence-corrected chi connectivity index (χ4v) is 3.74. The number of nitrogens with zero attached hydrogens (tertiary/aromatic N) is 3. The summed E-state index contributed by atoms with van der Waals surface area (Å²) in [7, 11) is 4.98. The Labute approximate surface area is 207 Å². The zero-order valence-electron chi connectivity index (χ0n) is 19.5. The summed E-state index contributed by atoms with van der Waals surface area (Å²) in [5.74, 6) is 1.32. The minimum atomic E-state index is -0.277. The molecule has 180 valence electrons. The SMILES string of the molecule is COc1ccc(C(=O)Nc2ccc3c(c2)nc(CCNC(=O)c2ccc(Cl)nc2)n3C)cc1OC. The number of fused-ring (bicyclic) bond motifs is 1. The molecule has 10 heteroatoms. The summed E-state index contributed by atoms with van der Waals surface area (Å²) in [6.45, 7) is 0.404. The third-order valence-electron chi connectivity index (χ3n) is 5.50. The van der Waals surface area contributed by atoms with Gasteiger partial charge in [0, 0.05) is 37.5 Å². The summed E-state index contributed by atoms with van der Waals surface area (Å²) in [5, 5.41) is 6.09. The van der Waals surface area contributed by atoms with Crippen LogP contribution in [0.4, 0.5) is 5.69 Å². The minimum Gasteiger partial charge on any atom is -0.493 e. The smallest absolute Gasteiger partial charge is 0.255 e. The average Bonchev–Trinajstić information content (AvgIpc) is 3.18. The number of aromatic nitrogens is 3. The van der Waals surface area contributed by atoms with Crippen molar-refractivity contribution in [2.24, 2.45) is 7.05 Å². The van der Waals surface area contributed by atoms with E-state index < -0.39 is 0 Å². The molecule has 0 aliphatic rings. The van der Waals surface area contributed by atoms with Gasteiger partial charge in [-0.25, -0.2) is 9.97 Å². The number of hydrogen-bond donors (Lipinski definition) is 2. The van der Waals surface area contributed by atoms with Gasteiger partial charge in [0.05, 0.1) is 30.8 Å². The molecule has 2 amide bonds. The summed E-state index contributed by atoms with van der Waals surface area (Å²) in [5.41, 5.74) is 3.15. The molecule has 9 nitrogen and oxygen atoms in total. The van der Waals surface area contributed by atoms with Gasteiger partial charge in [0.15, 0.2) is 11.5 Å². The molecule has 4 aromatic rings. The number of methoxy groups -OCH3 is 2. The van der Waals surface area contributed by atoms with Gasteiger partial charge in [-0.05, 0) is 48.5 Å². The summed E-state index contributed by atoms with van der Waals surface area (Å²) in [6, 6.07) is 13.7. The van der Waals surface area contributed by atoms with Crippen molar-refractivity contribution in [3.8, 4) is 11.5 Å². The van der Waals surface area contributed by atoms with E-state index in [1.807, 2.05) is 29.8 Å². The van der Waals surface area contributed by atoms with Gasteiger partial charge < -0.3 is 24.7 Å². The highest BCUT2D eigenvalue weighted by Crippen LogP contribution is 2.28. The van der Waals surface area contributed by atoms with Crippen molar-refractivity contribution in [3.63, 3.8) is 0 Å². The number of amides is 2. The molecule has 0 radical (unpaired) electrons. The van der Waals surface area contributed by atoms with E-state index in [-0.39, 0.29) is 11.8 Å². The van der Waals surface area contributed by atoms with Crippen LogP contribution in [0.1, 0.15) is 26.5 Å². The van der Waals surface area contributed by atoms with Crippen molar-refractivity contribution in [3.05, 3.63) is 76.8 Å². The van der Waals surface area contributed by atoms with Crippen molar-refractivity contribution < 1.29 is 19.1 Å². The lowest BCUT2D eigenvalue weighted by molar-refractivity contribution is 0.0952. The van der Waals surface area contributed by atoms with E-state index in [0.717, 1.165) is 16.9 Å². The third-order valence-corrected chi connectivity index (χ3v) is 5.72. The van der Waals surface area contributed by atoms with E-state index in [0.29, 0.717) is 46.4 Å². The molecule has 2 aromatic heterocycles. The van der Waals surface area contributed by atoms with E-state index >= 15 is 0 Å². The van der Waals surface area contributed by atoms with Gasteiger partial charge >= 0.3 is 0 Å². The maximum atomic E-state index is 12.7. The molecule has 0 aliphatic heterocycles. The van der Waals surface area contributed by atoms with Gasteiger partial charge in [-0.1, -0.05) is 11.6 Å². The first-order valence-electron chi connectivity index (χ1n) is 10.8. The lowest BCUT2D eigenvalue weighted by Crippen LogP contribution is -2.26. The molecule has 2 aromatic carbocycles. The highest BCUT2D eigenvalue weighted by molar-refractivity contribution is 6.29. The average molecular weight is 494 g/mol. The van der Waals surface area contributed by atoms with Crippen LogP contribution in [-0.4, -0.2) is 47.1 Å². The summed E-state index contributed by atoms with van der Waals surface area (Å²) in [6.07, 6.45) is 1.97. The molecular weight excluding hydrogens is 470 g/mol. The fraction of sp³-hybridized carbons (Fsp3) is 0.200. The largest absolute Gasteiger partial charge is 0.493 e. The van der Waals surface area contributed by atoms with Gasteiger partial charge in [-0.2, -0.15) is 0 Å². The van der Waals surface area contributed by atoms with E-state index in [2.05, 4.69) is 20.6 Å². The first-order chi connectivity index (χ1) is 16.9. The second kappa shape index (κ2) is 10.4. The molecule has 0 bridgehead atoms. The van der Waals surface area contributed by atoms with Gasteiger partial charge in [-0.3, -0.25) is 9.59 Å². The normalized spacial score (nSPS) is 10.7. The second-order valence-electron chi connectivity index (χ2n) is 7.69. The number of halogens is 1. The molecule has 0 saturated carbocycles. The quantitative estimate of drug-likeness (QED) is 0.361. The number of imidazole rings is 1. The molecule has 2 N–H and O–H groups in total. The Morgan fingerprint density at radius 1 is 0.971 bits per heavy atom. The highest BCUT2D eigenvalue weighted by atomic mass is 35.5. The molecule has 0 aliphatic carbocycles. The van der Waals surface area contributed by atoms with Crippen LogP contribution in [0.15, 0.2) is 54.7 Å². The number of benzene rings is 2. The van der Waals surface area contributed by atoms with Crippen LogP contribution in [0.25, 0.3) is 11.0 Å². The Kier molecular flexibility index (Phi) is 7.17. The van der Waals surface area contributed by atoms with Gasteiger partial charge in [0.1, 0.15) is 11.0 Å². The van der Waals surface area contributed by atoms with Crippen molar-refractivity contribution in [1.82, 2.24) is 19.9 Å². The zero-order chi connectivity index (χ0) is 24.9. The number of pyridine rings is 1. The van der Waals surface area contributed by atoms with Crippen molar-refractivity contribution in [1.29, 1.82) is 0 Å². The van der Waals surface area contributed by atoms with Crippen LogP contribution >= 0.6 is 11.6 Å². The molecule has 0 unspecified atom stereocenters. The topological polar surface area (TPSA) is 107 Å². The molecule has 2 heterocycles. The number of rotatable bonds is 8. The first-order valence-corrected chi connectivity index (χ1v) is 11.2. The van der Waals surface area contributed by atoms with Crippen LogP contribution < -0.4 is 20.1 Å². The Balaban J connectivity index is 1.43. The lowest BCUT2D eigenvalue weighted by atomic mass is 10.1. The number of nitrogens with one attached hydrogen (secondary N) is 2.